The van der Waals surface area contributed by atoms with Gasteiger partial charge >= 0.3 is 27.8 Å². The van der Waals surface area contributed by atoms with E-state index in [0.29, 0.717) is 0 Å². The summed E-state index contributed by atoms with van der Waals surface area (Å²) in [6, 6.07) is 0. The predicted octanol–water partition coefficient (Wildman–Crippen LogP) is 1.12. The zero-order valence-corrected chi connectivity index (χ0v) is 9.47. The van der Waals surface area contributed by atoms with Crippen LogP contribution in [0.15, 0.2) is 0 Å². The molecule has 0 atom stereocenters. The molecule has 0 saturated carbocycles. The molecule has 7 nitrogen and oxygen atoms in total. The van der Waals surface area contributed by atoms with Gasteiger partial charge in [-0.05, 0) is 0 Å². The van der Waals surface area contributed by atoms with E-state index in [1.165, 1.54) is 0 Å². The normalized spacial score (nSPS) is 11.4. The molecule has 0 amide bonds. The van der Waals surface area contributed by atoms with Crippen molar-refractivity contribution < 1.29 is 59.1 Å². The second-order valence-corrected chi connectivity index (χ2v) is 3.66. The number of carboxylic acid groups (broad SMARTS) is 2. The Balaban J connectivity index is -0.000000214. The van der Waals surface area contributed by atoms with Crippen LogP contribution in [0.2, 0.25) is 0 Å². The predicted molar refractivity (Wildman–Crippen MR) is 44.6 cm³/mol. The van der Waals surface area contributed by atoms with Crippen molar-refractivity contribution in [2.24, 2.45) is 0 Å². The Kier molecular flexibility index (Phi) is 9.25. The molecule has 0 fully saturated rings. The highest BCUT2D eigenvalue weighted by atomic mass is 32.2. The molecule has 0 rings (SSSR count). The van der Waals surface area contributed by atoms with Gasteiger partial charge in [-0.2, -0.15) is 34.8 Å². The van der Waals surface area contributed by atoms with Crippen molar-refractivity contribution in [1.29, 1.82) is 0 Å². The van der Waals surface area contributed by atoms with Gasteiger partial charge < -0.3 is 10.2 Å². The highest BCUT2D eigenvalue weighted by Gasteiger charge is 2.44. The summed E-state index contributed by atoms with van der Waals surface area (Å²) in [5, 5.41) is 14.5. The third kappa shape index (κ3) is 19.0. The lowest BCUT2D eigenvalue weighted by Gasteiger charge is -1.97. The molecule has 0 aromatic carbocycles. The monoisotopic (exact) mass is 324 g/mol. The molecular formula is C5H6F6O7S. The molecule has 0 heterocycles. The summed E-state index contributed by atoms with van der Waals surface area (Å²) in [6.07, 6.45) is -5.08. The molecule has 0 aromatic heterocycles. The topological polar surface area (TPSA) is 129 Å². The van der Waals surface area contributed by atoms with Gasteiger partial charge in [0.25, 0.3) is 5.97 Å². The average Bonchev–Trinajstić information content (AvgIpc) is 1.96. The van der Waals surface area contributed by atoms with Crippen LogP contribution >= 0.6 is 0 Å². The van der Waals surface area contributed by atoms with Crippen LogP contribution in [0.25, 0.3) is 0 Å². The van der Waals surface area contributed by atoms with Crippen molar-refractivity contribution in [2.75, 3.05) is 0 Å². The van der Waals surface area contributed by atoms with Gasteiger partial charge in [0.15, 0.2) is 0 Å². The minimum Gasteiger partial charge on any atom is -0.481 e. The number of hydrogen-bond donors (Lipinski definition) is 3. The van der Waals surface area contributed by atoms with Crippen molar-refractivity contribution >= 4 is 22.1 Å². The van der Waals surface area contributed by atoms with Crippen LogP contribution in [0.1, 0.15) is 6.92 Å². The zero-order chi connectivity index (χ0) is 16.7. The second-order valence-electron chi connectivity index (χ2n) is 2.24. The number of aliphatic carboxylic acids is 2. The Morgan fingerprint density at radius 3 is 1.05 bits per heavy atom. The van der Waals surface area contributed by atoms with Crippen molar-refractivity contribution in [3.05, 3.63) is 0 Å². The minimum atomic E-state index is -5.84. The van der Waals surface area contributed by atoms with Crippen LogP contribution in [-0.2, 0) is 19.7 Å². The third-order valence-electron chi connectivity index (χ3n) is 0.535. The summed E-state index contributed by atoms with van der Waals surface area (Å²) in [6.45, 7) is 1.08. The Morgan fingerprint density at radius 1 is 0.947 bits per heavy atom. The van der Waals surface area contributed by atoms with Crippen molar-refractivity contribution in [1.82, 2.24) is 0 Å². The molecule has 19 heavy (non-hydrogen) atoms. The van der Waals surface area contributed by atoms with E-state index in [2.05, 4.69) is 0 Å². The molecule has 14 heteroatoms. The number of carbonyl (C=O) groups is 2. The standard InChI is InChI=1S/C2HF3O2.C2H4O2.CHF3O3S/c3-2(4,5)1(6)7;1-2(3)4;2-1(3,4)8(5,6)7/h(H,6,7);1H3,(H,3,4);(H,5,6,7). The van der Waals surface area contributed by atoms with E-state index in [4.69, 9.17) is 32.8 Å². The molecule has 0 aromatic rings. The first-order valence-electron chi connectivity index (χ1n) is 3.46. The minimum absolute atomic E-state index is 0.833. The molecule has 116 valence electrons. The van der Waals surface area contributed by atoms with Gasteiger partial charge in [-0.1, -0.05) is 0 Å². The number of rotatable bonds is 0. The molecule has 0 aliphatic rings. The molecule has 0 aliphatic heterocycles. The van der Waals surface area contributed by atoms with E-state index in [-0.39, 0.29) is 0 Å². The Hall–Kier alpha value is -1.57. The van der Waals surface area contributed by atoms with Crippen LogP contribution in [0.3, 0.4) is 0 Å². The summed E-state index contributed by atoms with van der Waals surface area (Å²) in [5.41, 5.74) is -5.53. The van der Waals surface area contributed by atoms with Gasteiger partial charge in [-0.15, -0.1) is 0 Å². The van der Waals surface area contributed by atoms with Crippen LogP contribution in [0, 0.1) is 0 Å². The zero-order valence-electron chi connectivity index (χ0n) is 8.65. The van der Waals surface area contributed by atoms with Crippen LogP contribution in [-0.4, -0.2) is 46.8 Å². The first kappa shape index (κ1) is 22.6. The summed E-state index contributed by atoms with van der Waals surface area (Å²) in [7, 11) is -5.84. The van der Waals surface area contributed by atoms with Gasteiger partial charge in [0, 0.05) is 6.92 Å². The largest absolute Gasteiger partial charge is 0.522 e. The smallest absolute Gasteiger partial charge is 0.481 e. The SMILES string of the molecule is CC(=O)O.O=C(O)C(F)(F)F.O=S(=O)(O)C(F)(F)F. The number of alkyl halides is 6. The fraction of sp³-hybridized carbons (Fsp3) is 0.600. The van der Waals surface area contributed by atoms with Gasteiger partial charge in [0.1, 0.15) is 0 Å². The Labute approximate surface area is 101 Å². The van der Waals surface area contributed by atoms with E-state index < -0.39 is 33.7 Å². The summed E-state index contributed by atoms with van der Waals surface area (Å²) < 4.78 is 89.3. The molecular weight excluding hydrogens is 318 g/mol. The van der Waals surface area contributed by atoms with E-state index in [1.54, 1.807) is 0 Å². The number of hydrogen-bond acceptors (Lipinski definition) is 4. The van der Waals surface area contributed by atoms with Gasteiger partial charge in [-0.25, -0.2) is 4.79 Å². The van der Waals surface area contributed by atoms with Crippen LogP contribution in [0.5, 0.6) is 0 Å². The quantitative estimate of drug-likeness (QED) is 0.346. The van der Waals surface area contributed by atoms with Crippen molar-refractivity contribution in [3.8, 4) is 0 Å². The van der Waals surface area contributed by atoms with Crippen LogP contribution < -0.4 is 0 Å². The van der Waals surface area contributed by atoms with E-state index >= 15 is 0 Å². The highest BCUT2D eigenvalue weighted by molar-refractivity contribution is 7.86. The van der Waals surface area contributed by atoms with Crippen LogP contribution in [0.4, 0.5) is 26.3 Å². The maximum atomic E-state index is 10.7. The molecule has 0 saturated heterocycles. The molecule has 3 N–H and O–H groups in total. The third-order valence-corrected chi connectivity index (χ3v) is 1.12. The molecule has 0 bridgehead atoms. The molecule has 0 unspecified atom stereocenters. The average molecular weight is 324 g/mol. The van der Waals surface area contributed by atoms with Gasteiger partial charge in [0.2, 0.25) is 0 Å². The number of halogens is 6. The van der Waals surface area contributed by atoms with Crippen molar-refractivity contribution in [3.63, 3.8) is 0 Å². The van der Waals surface area contributed by atoms with Gasteiger partial charge in [-0.3, -0.25) is 9.35 Å². The Bertz CT molecular complexity index is 389. The first-order valence-corrected chi connectivity index (χ1v) is 4.90. The Morgan fingerprint density at radius 2 is 1.05 bits per heavy atom. The molecule has 0 radical (unpaired) electrons. The lowest BCUT2D eigenvalue weighted by atomic mass is 10.7. The van der Waals surface area contributed by atoms with E-state index in [9.17, 15) is 26.3 Å². The van der Waals surface area contributed by atoms with E-state index in [0.717, 1.165) is 6.92 Å². The molecule has 0 spiro atoms. The fourth-order valence-corrected chi connectivity index (χ4v) is 0. The summed E-state index contributed by atoms with van der Waals surface area (Å²) in [4.78, 5) is 17.9. The van der Waals surface area contributed by atoms with Gasteiger partial charge in [0.05, 0.1) is 0 Å². The van der Waals surface area contributed by atoms with E-state index in [1.807, 2.05) is 0 Å². The fourth-order valence-electron chi connectivity index (χ4n) is 0. The van der Waals surface area contributed by atoms with Crippen molar-refractivity contribution in [2.45, 2.75) is 18.6 Å². The first-order chi connectivity index (χ1) is 7.93. The highest BCUT2D eigenvalue weighted by Crippen LogP contribution is 2.20. The number of carboxylic acids is 2. The molecule has 0 aliphatic carbocycles. The maximum absolute atomic E-state index is 10.7. The summed E-state index contributed by atoms with van der Waals surface area (Å²) in [5.74, 6) is -3.59. The summed E-state index contributed by atoms with van der Waals surface area (Å²) >= 11 is 0. The lowest BCUT2D eigenvalue weighted by molar-refractivity contribution is -0.192. The lowest BCUT2D eigenvalue weighted by Crippen LogP contribution is -2.21. The maximum Gasteiger partial charge on any atom is 0.522 e. The second kappa shape index (κ2) is 7.78.